The van der Waals surface area contributed by atoms with Crippen LogP contribution in [0.5, 0.6) is 5.75 Å². The van der Waals surface area contributed by atoms with Crippen LogP contribution in [0.4, 0.5) is 5.95 Å². The maximum absolute atomic E-state index is 13.1. The van der Waals surface area contributed by atoms with Gasteiger partial charge in [0, 0.05) is 26.3 Å². The minimum Gasteiger partial charge on any atom is -0.488 e. The van der Waals surface area contributed by atoms with Gasteiger partial charge in [0.15, 0.2) is 0 Å². The van der Waals surface area contributed by atoms with E-state index in [9.17, 15) is 4.79 Å². The molecule has 0 saturated carbocycles. The Morgan fingerprint density at radius 1 is 1.28 bits per heavy atom. The van der Waals surface area contributed by atoms with Crippen molar-refractivity contribution in [2.24, 2.45) is 0 Å². The smallest absolute Gasteiger partial charge is 0.338 e. The number of fused-ring (bicyclic) bond motifs is 1. The zero-order valence-corrected chi connectivity index (χ0v) is 20.1. The van der Waals surface area contributed by atoms with Gasteiger partial charge >= 0.3 is 5.97 Å². The first-order chi connectivity index (χ1) is 15.3. The van der Waals surface area contributed by atoms with E-state index in [1.165, 1.54) is 6.33 Å². The van der Waals surface area contributed by atoms with Crippen molar-refractivity contribution in [3.63, 3.8) is 0 Å². The van der Waals surface area contributed by atoms with Crippen molar-refractivity contribution in [2.45, 2.75) is 39.5 Å². The summed E-state index contributed by atoms with van der Waals surface area (Å²) in [4.78, 5) is 17.4. The predicted octanol–water partition coefficient (Wildman–Crippen LogP) is 5.51. The largest absolute Gasteiger partial charge is 0.488 e. The molecule has 2 aromatic carbocycles. The molecule has 1 aliphatic heterocycles. The zero-order valence-electron chi connectivity index (χ0n) is 17.8. The van der Waals surface area contributed by atoms with Gasteiger partial charge in [-0.05, 0) is 45.0 Å². The van der Waals surface area contributed by atoms with E-state index < -0.39 is 12.0 Å². The van der Waals surface area contributed by atoms with Crippen LogP contribution < -0.4 is 10.1 Å². The second kappa shape index (κ2) is 9.34. The number of benzene rings is 2. The monoisotopic (exact) mass is 516 g/mol. The molecule has 7 nitrogen and oxygen atoms in total. The fourth-order valence-corrected chi connectivity index (χ4v) is 4.12. The normalized spacial score (nSPS) is 15.4. The summed E-state index contributed by atoms with van der Waals surface area (Å²) < 4.78 is 14.2. The number of esters is 1. The molecular formula is C23H22BrClN4O3. The number of carbonyl (C=O) groups excluding carboxylic acids is 1. The molecule has 1 unspecified atom stereocenters. The van der Waals surface area contributed by atoms with Crippen molar-refractivity contribution in [2.75, 3.05) is 5.32 Å². The number of hydrogen-bond acceptors (Lipinski definition) is 6. The second-order valence-corrected chi connectivity index (χ2v) is 8.93. The second-order valence-electron chi connectivity index (χ2n) is 7.61. The predicted molar refractivity (Wildman–Crippen MR) is 126 cm³/mol. The van der Waals surface area contributed by atoms with Crippen LogP contribution in [-0.4, -0.2) is 26.8 Å². The third kappa shape index (κ3) is 4.52. The van der Waals surface area contributed by atoms with Crippen molar-refractivity contribution >= 4 is 39.4 Å². The van der Waals surface area contributed by atoms with E-state index in [1.807, 2.05) is 63.2 Å². The highest BCUT2D eigenvalue weighted by Crippen LogP contribution is 2.40. The van der Waals surface area contributed by atoms with Crippen molar-refractivity contribution in [1.29, 1.82) is 0 Å². The van der Waals surface area contributed by atoms with Gasteiger partial charge in [-0.3, -0.25) is 0 Å². The van der Waals surface area contributed by atoms with Crippen molar-refractivity contribution < 1.29 is 14.3 Å². The van der Waals surface area contributed by atoms with Crippen LogP contribution in [0.1, 0.15) is 37.9 Å². The first kappa shape index (κ1) is 22.4. The Morgan fingerprint density at radius 2 is 2.06 bits per heavy atom. The SMILES string of the molecule is CC1=C(C(=O)OC(C)C)C(c2cc(Br)ccc2OCc2ccccc2Cl)n2ncnc2N1. The Balaban J connectivity index is 1.78. The molecule has 0 fully saturated rings. The molecule has 0 bridgehead atoms. The Bertz CT molecular complexity index is 1190. The van der Waals surface area contributed by atoms with Gasteiger partial charge in [-0.15, -0.1) is 0 Å². The van der Waals surface area contributed by atoms with Gasteiger partial charge < -0.3 is 14.8 Å². The maximum Gasteiger partial charge on any atom is 0.338 e. The van der Waals surface area contributed by atoms with Gasteiger partial charge in [0.25, 0.3) is 0 Å². The molecule has 0 aliphatic carbocycles. The molecule has 9 heteroatoms. The molecule has 0 amide bonds. The summed E-state index contributed by atoms with van der Waals surface area (Å²) in [6.45, 7) is 5.73. The first-order valence-corrected chi connectivity index (χ1v) is 11.3. The highest BCUT2D eigenvalue weighted by atomic mass is 79.9. The minimum atomic E-state index is -0.584. The zero-order chi connectivity index (χ0) is 22.8. The van der Waals surface area contributed by atoms with Gasteiger partial charge in [0.05, 0.1) is 11.7 Å². The van der Waals surface area contributed by atoms with E-state index in [2.05, 4.69) is 31.3 Å². The molecule has 4 rings (SSSR count). The van der Waals surface area contributed by atoms with Crippen LogP contribution >= 0.6 is 27.5 Å². The molecule has 2 heterocycles. The quantitative estimate of drug-likeness (QED) is 0.434. The third-order valence-corrected chi connectivity index (χ3v) is 5.83. The molecule has 1 atom stereocenters. The Morgan fingerprint density at radius 3 is 2.81 bits per heavy atom. The van der Waals surface area contributed by atoms with E-state index in [-0.39, 0.29) is 12.7 Å². The molecule has 1 aliphatic rings. The van der Waals surface area contributed by atoms with Gasteiger partial charge in [0.1, 0.15) is 24.7 Å². The molecule has 166 valence electrons. The lowest BCUT2D eigenvalue weighted by Gasteiger charge is -2.29. The Labute approximate surface area is 199 Å². The summed E-state index contributed by atoms with van der Waals surface area (Å²) in [6.07, 6.45) is 1.18. The fraction of sp³-hybridized carbons (Fsp3) is 0.261. The topological polar surface area (TPSA) is 78.3 Å². The van der Waals surface area contributed by atoms with Crippen LogP contribution in [-0.2, 0) is 16.1 Å². The number of allylic oxidation sites excluding steroid dienone is 1. The van der Waals surface area contributed by atoms with E-state index in [0.29, 0.717) is 28.0 Å². The van der Waals surface area contributed by atoms with Crippen LogP contribution in [0.25, 0.3) is 0 Å². The number of nitrogens with zero attached hydrogens (tertiary/aromatic N) is 3. The number of carbonyl (C=O) groups is 1. The molecule has 1 N–H and O–H groups in total. The minimum absolute atomic E-state index is 0.265. The highest BCUT2D eigenvalue weighted by Gasteiger charge is 2.36. The number of anilines is 1. The summed E-state index contributed by atoms with van der Waals surface area (Å²) in [5.74, 6) is 0.711. The summed E-state index contributed by atoms with van der Waals surface area (Å²) >= 11 is 9.85. The molecule has 0 radical (unpaired) electrons. The number of halogens is 2. The number of hydrogen-bond donors (Lipinski definition) is 1. The highest BCUT2D eigenvalue weighted by molar-refractivity contribution is 9.10. The average Bonchev–Trinajstić information content (AvgIpc) is 3.20. The van der Waals surface area contributed by atoms with E-state index in [0.717, 1.165) is 15.6 Å². The van der Waals surface area contributed by atoms with Crippen LogP contribution in [0, 0.1) is 0 Å². The Hall–Kier alpha value is -2.84. The lowest BCUT2D eigenvalue weighted by atomic mass is 9.95. The fourth-order valence-electron chi connectivity index (χ4n) is 3.56. The van der Waals surface area contributed by atoms with Gasteiger partial charge in [0.2, 0.25) is 5.95 Å². The molecule has 0 saturated heterocycles. The number of rotatable bonds is 6. The van der Waals surface area contributed by atoms with Crippen LogP contribution in [0.2, 0.25) is 5.02 Å². The van der Waals surface area contributed by atoms with Gasteiger partial charge in [-0.1, -0.05) is 45.7 Å². The van der Waals surface area contributed by atoms with Crippen molar-refractivity contribution in [1.82, 2.24) is 14.8 Å². The van der Waals surface area contributed by atoms with Crippen molar-refractivity contribution in [3.05, 3.63) is 80.7 Å². The summed E-state index contributed by atoms with van der Waals surface area (Å²) in [6, 6.07) is 12.6. The third-order valence-electron chi connectivity index (χ3n) is 4.96. The maximum atomic E-state index is 13.1. The molecule has 32 heavy (non-hydrogen) atoms. The van der Waals surface area contributed by atoms with Gasteiger partial charge in [-0.25, -0.2) is 9.48 Å². The van der Waals surface area contributed by atoms with Gasteiger partial charge in [-0.2, -0.15) is 10.1 Å². The lowest BCUT2D eigenvalue weighted by Crippen LogP contribution is -2.31. The van der Waals surface area contributed by atoms with Crippen LogP contribution in [0.3, 0.4) is 0 Å². The summed E-state index contributed by atoms with van der Waals surface area (Å²) in [7, 11) is 0. The van der Waals surface area contributed by atoms with E-state index in [4.69, 9.17) is 21.1 Å². The average molecular weight is 518 g/mol. The Kier molecular flexibility index (Phi) is 6.53. The van der Waals surface area contributed by atoms with E-state index >= 15 is 0 Å². The number of ether oxygens (including phenoxy) is 2. The van der Waals surface area contributed by atoms with Crippen molar-refractivity contribution in [3.8, 4) is 5.75 Å². The molecular weight excluding hydrogens is 496 g/mol. The molecule has 3 aromatic rings. The van der Waals surface area contributed by atoms with E-state index in [1.54, 1.807) is 4.68 Å². The number of aromatic nitrogens is 3. The lowest BCUT2D eigenvalue weighted by molar-refractivity contribution is -0.143. The molecule has 0 spiro atoms. The first-order valence-electron chi connectivity index (χ1n) is 10.1. The summed E-state index contributed by atoms with van der Waals surface area (Å²) in [5.41, 5.74) is 2.70. The number of nitrogens with one attached hydrogen (secondary N) is 1. The summed E-state index contributed by atoms with van der Waals surface area (Å²) in [5, 5.41) is 8.14. The standard InChI is InChI=1S/C23H22BrClN4O3/c1-13(2)32-22(30)20-14(3)28-23-26-12-27-29(23)21(20)17-10-16(24)8-9-19(17)31-11-15-6-4-5-7-18(15)25/h4-10,12-13,21H,11H2,1-3H3,(H,26,27,28). The molecule has 1 aromatic heterocycles. The van der Waals surface area contributed by atoms with Crippen LogP contribution in [0.15, 0.2) is 64.5 Å².